The molecule has 1 aromatic carbocycles. The van der Waals surface area contributed by atoms with E-state index in [1.54, 1.807) is 0 Å². The van der Waals surface area contributed by atoms with E-state index < -0.39 is 0 Å². The van der Waals surface area contributed by atoms with Crippen LogP contribution in [0.1, 0.15) is 64.3 Å². The molecule has 2 aliphatic heterocycles. The fraction of sp³-hybridized carbons (Fsp3) is 0.417. The van der Waals surface area contributed by atoms with Crippen LogP contribution in [0.3, 0.4) is 0 Å². The van der Waals surface area contributed by atoms with E-state index in [0.29, 0.717) is 0 Å². The molecule has 4 nitrogen and oxygen atoms in total. The Morgan fingerprint density at radius 1 is 1.04 bits per heavy atom. The maximum Gasteiger partial charge on any atom is 0.147 e. The van der Waals surface area contributed by atoms with Gasteiger partial charge in [0.15, 0.2) is 0 Å². The van der Waals surface area contributed by atoms with Crippen molar-refractivity contribution in [2.24, 2.45) is 0 Å². The van der Waals surface area contributed by atoms with Crippen molar-refractivity contribution in [2.75, 3.05) is 0 Å². The molecule has 0 N–H and O–H groups in total. The van der Waals surface area contributed by atoms with Crippen molar-refractivity contribution in [2.45, 2.75) is 64.1 Å². The number of benzene rings is 1. The molecule has 28 heavy (non-hydrogen) atoms. The lowest BCUT2D eigenvalue weighted by atomic mass is 9.78. The molecular weight excluding hydrogens is 346 g/mol. The third-order valence-electron chi connectivity index (χ3n) is 6.85. The number of pyridine rings is 2. The lowest BCUT2D eigenvalue weighted by Crippen LogP contribution is -2.17. The standard InChI is InChI=1S/C24H25N3O/c1-22(2,3)20-10-14-6-9-27-19-12-17-16(23(4)7-8-24(17,5)28-23)11-18(19)26-21(27)15(14)13-25-20/h6,9-13H,7-8H2,1-5H3. The summed E-state index contributed by atoms with van der Waals surface area (Å²) < 4.78 is 8.64. The second kappa shape index (κ2) is 4.74. The summed E-state index contributed by atoms with van der Waals surface area (Å²) in [4.78, 5) is 9.76. The second-order valence-electron chi connectivity index (χ2n) is 9.98. The number of rotatable bonds is 0. The van der Waals surface area contributed by atoms with E-state index in [-0.39, 0.29) is 16.6 Å². The molecule has 4 aromatic rings. The van der Waals surface area contributed by atoms with Crippen molar-refractivity contribution in [3.05, 3.63) is 53.5 Å². The summed E-state index contributed by atoms with van der Waals surface area (Å²) in [5.41, 5.74) is 6.62. The van der Waals surface area contributed by atoms with Crippen LogP contribution in [0.25, 0.3) is 27.5 Å². The molecule has 5 heterocycles. The first kappa shape index (κ1) is 16.5. The van der Waals surface area contributed by atoms with Gasteiger partial charge in [-0.3, -0.25) is 9.38 Å². The number of fused-ring (bicyclic) bond motifs is 10. The van der Waals surface area contributed by atoms with Crippen molar-refractivity contribution in [3.8, 4) is 0 Å². The van der Waals surface area contributed by atoms with Gasteiger partial charge in [-0.05, 0) is 67.5 Å². The molecule has 1 saturated heterocycles. The topological polar surface area (TPSA) is 39.4 Å². The van der Waals surface area contributed by atoms with Gasteiger partial charge in [0.05, 0.1) is 22.2 Å². The molecule has 0 radical (unpaired) electrons. The van der Waals surface area contributed by atoms with Crippen LogP contribution in [0, 0.1) is 0 Å². The van der Waals surface area contributed by atoms with Gasteiger partial charge < -0.3 is 4.74 Å². The molecule has 2 aliphatic rings. The molecule has 0 spiro atoms. The van der Waals surface area contributed by atoms with E-state index in [9.17, 15) is 0 Å². The van der Waals surface area contributed by atoms with Crippen molar-refractivity contribution in [1.82, 2.24) is 14.4 Å². The fourth-order valence-electron chi connectivity index (χ4n) is 5.17. The maximum atomic E-state index is 6.44. The third-order valence-corrected chi connectivity index (χ3v) is 6.85. The van der Waals surface area contributed by atoms with Gasteiger partial charge in [0.25, 0.3) is 0 Å². The summed E-state index contributed by atoms with van der Waals surface area (Å²) in [5.74, 6) is 0. The highest BCUT2D eigenvalue weighted by Crippen LogP contribution is 2.58. The van der Waals surface area contributed by atoms with Crippen molar-refractivity contribution in [1.29, 1.82) is 0 Å². The highest BCUT2D eigenvalue weighted by Gasteiger charge is 2.54. The van der Waals surface area contributed by atoms with Gasteiger partial charge >= 0.3 is 0 Å². The van der Waals surface area contributed by atoms with E-state index in [2.05, 4.69) is 69.5 Å². The monoisotopic (exact) mass is 371 g/mol. The van der Waals surface area contributed by atoms with E-state index in [0.717, 1.165) is 40.6 Å². The Balaban J connectivity index is 1.65. The van der Waals surface area contributed by atoms with Crippen LogP contribution >= 0.6 is 0 Å². The number of ether oxygens (including phenoxy) is 1. The number of nitrogens with zero attached hydrogens (tertiary/aromatic N) is 3. The van der Waals surface area contributed by atoms with Crippen LogP contribution in [-0.2, 0) is 21.4 Å². The summed E-state index contributed by atoms with van der Waals surface area (Å²) in [6, 6.07) is 8.94. The predicted molar refractivity (Wildman–Crippen MR) is 112 cm³/mol. The number of aromatic nitrogens is 3. The van der Waals surface area contributed by atoms with Crippen molar-refractivity contribution < 1.29 is 4.74 Å². The zero-order chi connectivity index (χ0) is 19.5. The first-order chi connectivity index (χ1) is 13.2. The van der Waals surface area contributed by atoms with Gasteiger partial charge in [-0.2, -0.15) is 0 Å². The van der Waals surface area contributed by atoms with Crippen LogP contribution in [0.5, 0.6) is 0 Å². The van der Waals surface area contributed by atoms with Gasteiger partial charge in [-0.25, -0.2) is 4.98 Å². The van der Waals surface area contributed by atoms with Gasteiger partial charge in [-0.15, -0.1) is 0 Å². The van der Waals surface area contributed by atoms with E-state index in [4.69, 9.17) is 14.7 Å². The highest BCUT2D eigenvalue weighted by molar-refractivity contribution is 5.98. The summed E-state index contributed by atoms with van der Waals surface area (Å²) in [7, 11) is 0. The second-order valence-corrected chi connectivity index (χ2v) is 9.98. The Hall–Kier alpha value is -2.46. The maximum absolute atomic E-state index is 6.44. The van der Waals surface area contributed by atoms with Crippen LogP contribution in [0.2, 0.25) is 0 Å². The smallest absolute Gasteiger partial charge is 0.147 e. The lowest BCUT2D eigenvalue weighted by molar-refractivity contribution is -0.0661. The first-order valence-electron chi connectivity index (χ1n) is 10.1. The Labute approximate surface area is 164 Å². The van der Waals surface area contributed by atoms with Crippen molar-refractivity contribution in [3.63, 3.8) is 0 Å². The third kappa shape index (κ3) is 1.94. The summed E-state index contributed by atoms with van der Waals surface area (Å²) in [6.45, 7) is 11.0. The molecular formula is C24H25N3O. The van der Waals surface area contributed by atoms with Crippen LogP contribution in [0.15, 0.2) is 36.7 Å². The summed E-state index contributed by atoms with van der Waals surface area (Å²) in [6.07, 6.45) is 6.29. The van der Waals surface area contributed by atoms with E-state index in [1.807, 2.05) is 6.20 Å². The summed E-state index contributed by atoms with van der Waals surface area (Å²) >= 11 is 0. The average Bonchev–Trinajstić information content (AvgIpc) is 3.23. The molecule has 4 heteroatoms. The number of hydrogen-bond acceptors (Lipinski definition) is 3. The quantitative estimate of drug-likeness (QED) is 0.405. The van der Waals surface area contributed by atoms with Gasteiger partial charge in [0.2, 0.25) is 0 Å². The van der Waals surface area contributed by atoms with Gasteiger partial charge in [0, 0.05) is 28.9 Å². The Morgan fingerprint density at radius 2 is 1.75 bits per heavy atom. The predicted octanol–water partition coefficient (Wildman–Crippen LogP) is 5.59. The molecule has 142 valence electrons. The van der Waals surface area contributed by atoms with Crippen LogP contribution in [0.4, 0.5) is 0 Å². The lowest BCUT2D eigenvalue weighted by Gasteiger charge is -2.22. The zero-order valence-electron chi connectivity index (χ0n) is 17.1. The summed E-state index contributed by atoms with van der Waals surface area (Å²) in [5, 5.41) is 2.29. The van der Waals surface area contributed by atoms with E-state index in [1.165, 1.54) is 16.5 Å². The fourth-order valence-corrected chi connectivity index (χ4v) is 5.17. The average molecular weight is 371 g/mol. The van der Waals surface area contributed by atoms with Gasteiger partial charge in [0.1, 0.15) is 5.65 Å². The zero-order valence-corrected chi connectivity index (χ0v) is 17.1. The Kier molecular flexibility index (Phi) is 2.79. The molecule has 6 rings (SSSR count). The minimum Gasteiger partial charge on any atom is -0.360 e. The first-order valence-corrected chi connectivity index (χ1v) is 10.1. The molecule has 2 unspecified atom stereocenters. The van der Waals surface area contributed by atoms with E-state index >= 15 is 0 Å². The Morgan fingerprint density at radius 3 is 2.46 bits per heavy atom. The highest BCUT2D eigenvalue weighted by atomic mass is 16.5. The van der Waals surface area contributed by atoms with Crippen LogP contribution in [-0.4, -0.2) is 14.4 Å². The Bertz CT molecular complexity index is 1310. The minimum atomic E-state index is -0.167. The molecule has 3 aromatic heterocycles. The SMILES string of the molecule is CC(C)(C)c1cc2ccn3c4cc5c(cc4nc3c2cn1)C1(C)CCC5(C)O1. The normalized spacial score (nSPS) is 26.6. The molecule has 2 bridgehead atoms. The molecule has 0 saturated carbocycles. The largest absolute Gasteiger partial charge is 0.360 e. The van der Waals surface area contributed by atoms with Crippen molar-refractivity contribution >= 4 is 27.5 Å². The minimum absolute atomic E-state index is 0.0332. The molecule has 2 atom stereocenters. The number of hydrogen-bond donors (Lipinski definition) is 0. The molecule has 1 fully saturated rings. The van der Waals surface area contributed by atoms with Gasteiger partial charge in [-0.1, -0.05) is 20.8 Å². The molecule has 0 amide bonds. The van der Waals surface area contributed by atoms with Crippen LogP contribution < -0.4 is 0 Å². The number of imidazole rings is 1. The molecule has 0 aliphatic carbocycles.